The van der Waals surface area contributed by atoms with Crippen molar-refractivity contribution in [3.05, 3.63) is 94.3 Å². The molecule has 1 unspecified atom stereocenters. The number of nitrogens with one attached hydrogen (secondary N) is 1. The Morgan fingerprint density at radius 2 is 1.51 bits per heavy atom. The number of aryl methyl sites for hydroxylation is 1. The molecule has 0 aliphatic rings. The van der Waals surface area contributed by atoms with Gasteiger partial charge < -0.3 is 0 Å². The first-order chi connectivity index (χ1) is 17.4. The van der Waals surface area contributed by atoms with E-state index < -0.39 is 68.3 Å². The Hall–Kier alpha value is -3.49. The van der Waals surface area contributed by atoms with Gasteiger partial charge in [0.1, 0.15) is 5.82 Å². The van der Waals surface area contributed by atoms with E-state index in [2.05, 4.69) is 4.98 Å². The Morgan fingerprint density at radius 1 is 0.946 bits per heavy atom. The van der Waals surface area contributed by atoms with Crippen molar-refractivity contribution in [3.8, 4) is 0 Å². The number of carbonyl (C=O) groups is 1. The van der Waals surface area contributed by atoms with Gasteiger partial charge in [0.05, 0.1) is 12.2 Å². The van der Waals surface area contributed by atoms with Crippen LogP contribution < -0.4 is 5.48 Å². The standard InChI is InChI=1S/C23H19F6N3O4S/c1-12(14-4-6-15(24)7-5-14)32(11-16-8-2-13(10-30-16)3-9-17(33)31-34)37(35,36)23-21(28)19(26)18(25)20(27)22(23)29/h2,4-8,10,12,34H,3,9,11H2,1H3,(H,31,33). The minimum atomic E-state index is -5.39. The van der Waals surface area contributed by atoms with Gasteiger partial charge in [-0.05, 0) is 42.7 Å². The van der Waals surface area contributed by atoms with E-state index in [-0.39, 0.29) is 24.1 Å². The van der Waals surface area contributed by atoms with E-state index in [4.69, 9.17) is 5.21 Å². The monoisotopic (exact) mass is 547 g/mol. The Morgan fingerprint density at radius 3 is 2.03 bits per heavy atom. The van der Waals surface area contributed by atoms with Crippen molar-refractivity contribution in [2.24, 2.45) is 0 Å². The molecule has 3 aromatic rings. The SMILES string of the molecule is CC(c1ccc(F)cc1)N(Cc1ccc(CCC(=O)NO)cn1)S(=O)(=O)c1c(F)c(F)c(F)c(F)c1F. The normalized spacial score (nSPS) is 12.6. The molecule has 0 spiro atoms. The lowest BCUT2D eigenvalue weighted by Gasteiger charge is -2.29. The van der Waals surface area contributed by atoms with Gasteiger partial charge in [-0.15, -0.1) is 0 Å². The molecule has 2 N–H and O–H groups in total. The van der Waals surface area contributed by atoms with Crippen LogP contribution in [0.15, 0.2) is 47.5 Å². The predicted molar refractivity (Wildman–Crippen MR) is 116 cm³/mol. The van der Waals surface area contributed by atoms with Crippen LogP contribution in [0.25, 0.3) is 0 Å². The van der Waals surface area contributed by atoms with Crippen molar-refractivity contribution < 1.29 is 44.8 Å². The number of amides is 1. The number of carbonyl (C=O) groups excluding carboxylic acids is 1. The second-order valence-corrected chi connectivity index (χ2v) is 9.70. The molecule has 3 rings (SSSR count). The first kappa shape index (κ1) is 28.1. The Kier molecular flexibility index (Phi) is 8.56. The Balaban J connectivity index is 2.07. The smallest absolute Gasteiger partial charge is 0.250 e. The summed E-state index contributed by atoms with van der Waals surface area (Å²) in [5.74, 6) is -13.7. The van der Waals surface area contributed by atoms with Gasteiger partial charge in [-0.1, -0.05) is 18.2 Å². The van der Waals surface area contributed by atoms with E-state index in [1.807, 2.05) is 0 Å². The zero-order valence-corrected chi connectivity index (χ0v) is 19.8. The van der Waals surface area contributed by atoms with Crippen LogP contribution in [-0.2, 0) is 27.8 Å². The molecule has 0 aliphatic heterocycles. The largest absolute Gasteiger partial charge is 0.289 e. The summed E-state index contributed by atoms with van der Waals surface area (Å²) in [7, 11) is -5.39. The molecule has 0 bridgehead atoms. The van der Waals surface area contributed by atoms with E-state index >= 15 is 0 Å². The number of aromatic nitrogens is 1. The molecular weight excluding hydrogens is 528 g/mol. The molecule has 14 heteroatoms. The number of nitrogens with zero attached hydrogens (tertiary/aromatic N) is 2. The number of benzene rings is 2. The highest BCUT2D eigenvalue weighted by molar-refractivity contribution is 7.89. The third kappa shape index (κ3) is 5.92. The number of pyridine rings is 1. The maximum absolute atomic E-state index is 14.5. The lowest BCUT2D eigenvalue weighted by Crippen LogP contribution is -2.35. The van der Waals surface area contributed by atoms with Crippen molar-refractivity contribution >= 4 is 15.9 Å². The minimum absolute atomic E-state index is 0.0248. The molecule has 0 saturated heterocycles. The second kappa shape index (κ2) is 11.3. The molecule has 0 radical (unpaired) electrons. The molecule has 0 saturated carbocycles. The van der Waals surface area contributed by atoms with Crippen molar-refractivity contribution in [2.45, 2.75) is 37.2 Å². The van der Waals surface area contributed by atoms with Gasteiger partial charge in [-0.2, -0.15) is 4.31 Å². The highest BCUT2D eigenvalue weighted by Crippen LogP contribution is 2.34. The summed E-state index contributed by atoms with van der Waals surface area (Å²) in [6, 6.07) is 5.95. The summed E-state index contributed by atoms with van der Waals surface area (Å²) in [4.78, 5) is 13.2. The topological polar surface area (TPSA) is 99.6 Å². The van der Waals surface area contributed by atoms with Crippen LogP contribution in [0.2, 0.25) is 0 Å². The van der Waals surface area contributed by atoms with Crippen LogP contribution in [0.1, 0.15) is 36.2 Å². The van der Waals surface area contributed by atoms with Crippen molar-refractivity contribution in [1.29, 1.82) is 0 Å². The summed E-state index contributed by atoms with van der Waals surface area (Å²) in [5, 5.41) is 8.56. The molecule has 1 atom stereocenters. The van der Waals surface area contributed by atoms with E-state index in [0.717, 1.165) is 12.1 Å². The van der Waals surface area contributed by atoms with Crippen molar-refractivity contribution in [1.82, 2.24) is 14.8 Å². The summed E-state index contributed by atoms with van der Waals surface area (Å²) in [5.41, 5.74) is 2.16. The number of hydroxylamine groups is 1. The first-order valence-corrected chi connectivity index (χ1v) is 12.0. The average molecular weight is 547 g/mol. The van der Waals surface area contributed by atoms with E-state index in [0.29, 0.717) is 9.87 Å². The number of hydrogen-bond donors (Lipinski definition) is 2. The summed E-state index contributed by atoms with van der Waals surface area (Å²) < 4.78 is 111. The lowest BCUT2D eigenvalue weighted by molar-refractivity contribution is -0.129. The predicted octanol–water partition coefficient (Wildman–Crippen LogP) is 4.31. The first-order valence-electron chi connectivity index (χ1n) is 10.5. The fraction of sp³-hybridized carbons (Fsp3) is 0.217. The molecule has 0 aliphatic carbocycles. The summed E-state index contributed by atoms with van der Waals surface area (Å²) >= 11 is 0. The van der Waals surface area contributed by atoms with Crippen LogP contribution in [0.5, 0.6) is 0 Å². The van der Waals surface area contributed by atoms with Crippen LogP contribution in [-0.4, -0.2) is 28.8 Å². The molecule has 0 fully saturated rings. The molecule has 7 nitrogen and oxygen atoms in total. The van der Waals surface area contributed by atoms with Gasteiger partial charge in [0, 0.05) is 18.7 Å². The summed E-state index contributed by atoms with van der Waals surface area (Å²) in [6.45, 7) is 0.608. The van der Waals surface area contributed by atoms with Crippen LogP contribution in [0.3, 0.4) is 0 Å². The number of hydrogen-bond acceptors (Lipinski definition) is 5. The van der Waals surface area contributed by atoms with E-state index in [9.17, 15) is 39.6 Å². The summed E-state index contributed by atoms with van der Waals surface area (Å²) in [6.07, 6.45) is 1.36. The zero-order valence-electron chi connectivity index (χ0n) is 19.0. The highest BCUT2D eigenvalue weighted by Gasteiger charge is 2.39. The molecule has 2 aromatic carbocycles. The van der Waals surface area contributed by atoms with E-state index in [1.54, 1.807) is 0 Å². The Labute approximate surface area is 207 Å². The molecule has 198 valence electrons. The molecule has 1 amide bonds. The zero-order chi connectivity index (χ0) is 27.5. The van der Waals surface area contributed by atoms with Crippen LogP contribution in [0, 0.1) is 34.9 Å². The quantitative estimate of drug-likeness (QED) is 0.137. The minimum Gasteiger partial charge on any atom is -0.289 e. The highest BCUT2D eigenvalue weighted by atomic mass is 32.2. The molecule has 1 aromatic heterocycles. The average Bonchev–Trinajstić information content (AvgIpc) is 2.88. The van der Waals surface area contributed by atoms with E-state index in [1.165, 1.54) is 42.9 Å². The molecule has 37 heavy (non-hydrogen) atoms. The van der Waals surface area contributed by atoms with Gasteiger partial charge in [0.25, 0.3) is 0 Å². The molecule has 1 heterocycles. The lowest BCUT2D eigenvalue weighted by atomic mass is 10.1. The number of halogens is 6. The fourth-order valence-corrected chi connectivity index (χ4v) is 5.14. The van der Waals surface area contributed by atoms with Gasteiger partial charge in [-0.25, -0.2) is 40.2 Å². The Bertz CT molecular complexity index is 1370. The fourth-order valence-electron chi connectivity index (χ4n) is 3.44. The van der Waals surface area contributed by atoms with Gasteiger partial charge in [0.2, 0.25) is 21.7 Å². The van der Waals surface area contributed by atoms with Gasteiger partial charge in [-0.3, -0.25) is 15.0 Å². The van der Waals surface area contributed by atoms with Crippen LogP contribution in [0.4, 0.5) is 26.3 Å². The number of sulfonamides is 1. The maximum Gasteiger partial charge on any atom is 0.250 e. The third-order valence-corrected chi connectivity index (χ3v) is 7.43. The number of rotatable bonds is 9. The van der Waals surface area contributed by atoms with Gasteiger partial charge in [0.15, 0.2) is 28.2 Å². The van der Waals surface area contributed by atoms with Gasteiger partial charge >= 0.3 is 0 Å². The maximum atomic E-state index is 14.5. The molecular formula is C23H19F6N3O4S. The van der Waals surface area contributed by atoms with Crippen molar-refractivity contribution in [2.75, 3.05) is 0 Å². The van der Waals surface area contributed by atoms with Crippen LogP contribution >= 0.6 is 0 Å². The van der Waals surface area contributed by atoms with Crippen molar-refractivity contribution in [3.63, 3.8) is 0 Å². The third-order valence-electron chi connectivity index (χ3n) is 5.49. The second-order valence-electron chi connectivity index (χ2n) is 7.87.